The van der Waals surface area contributed by atoms with Gasteiger partial charge in [-0.15, -0.1) is 11.8 Å². The molecule has 0 aliphatic heterocycles. The standard InChI is InChI=1S/C15H25NS/c1-3-9-14(16-4-2)10-8-13-17-15-11-6-5-7-12-15/h5-7,11-12,14,16H,3-4,8-10,13H2,1-2H3. The maximum absolute atomic E-state index is 3.57. The third kappa shape index (κ3) is 6.75. The van der Waals surface area contributed by atoms with Gasteiger partial charge in [-0.25, -0.2) is 0 Å². The zero-order valence-electron chi connectivity index (χ0n) is 11.1. The van der Waals surface area contributed by atoms with Crippen molar-refractivity contribution in [2.75, 3.05) is 12.3 Å². The lowest BCUT2D eigenvalue weighted by Crippen LogP contribution is -2.28. The predicted octanol–water partition coefficient (Wildman–Crippen LogP) is 4.34. The predicted molar refractivity (Wildman–Crippen MR) is 78.8 cm³/mol. The summed E-state index contributed by atoms with van der Waals surface area (Å²) in [5, 5.41) is 3.57. The molecule has 0 saturated carbocycles. The molecule has 1 rings (SSSR count). The van der Waals surface area contributed by atoms with E-state index in [1.54, 1.807) is 0 Å². The van der Waals surface area contributed by atoms with Crippen LogP contribution in [0.2, 0.25) is 0 Å². The molecule has 17 heavy (non-hydrogen) atoms. The Morgan fingerprint density at radius 1 is 1.12 bits per heavy atom. The average molecular weight is 251 g/mol. The van der Waals surface area contributed by atoms with Gasteiger partial charge in [-0.3, -0.25) is 0 Å². The molecule has 0 amide bonds. The first-order valence-electron chi connectivity index (χ1n) is 6.78. The largest absolute Gasteiger partial charge is 0.314 e. The van der Waals surface area contributed by atoms with Crippen molar-refractivity contribution in [2.24, 2.45) is 0 Å². The molecule has 0 spiro atoms. The van der Waals surface area contributed by atoms with Crippen LogP contribution in [0.1, 0.15) is 39.5 Å². The lowest BCUT2D eigenvalue weighted by Gasteiger charge is -2.16. The fourth-order valence-electron chi connectivity index (χ4n) is 2.02. The minimum atomic E-state index is 0.723. The molecule has 96 valence electrons. The molecule has 0 heterocycles. The summed E-state index contributed by atoms with van der Waals surface area (Å²) in [6, 6.07) is 11.4. The summed E-state index contributed by atoms with van der Waals surface area (Å²) in [5.41, 5.74) is 0. The van der Waals surface area contributed by atoms with E-state index in [0.29, 0.717) is 0 Å². The van der Waals surface area contributed by atoms with Gasteiger partial charge in [-0.05, 0) is 43.7 Å². The fourth-order valence-corrected chi connectivity index (χ4v) is 2.92. The van der Waals surface area contributed by atoms with Crippen molar-refractivity contribution in [3.8, 4) is 0 Å². The van der Waals surface area contributed by atoms with Crippen LogP contribution in [0.15, 0.2) is 35.2 Å². The zero-order valence-corrected chi connectivity index (χ0v) is 11.9. The van der Waals surface area contributed by atoms with Gasteiger partial charge in [0.2, 0.25) is 0 Å². The summed E-state index contributed by atoms with van der Waals surface area (Å²) in [6.07, 6.45) is 5.20. The van der Waals surface area contributed by atoms with Crippen LogP contribution < -0.4 is 5.32 Å². The normalized spacial score (nSPS) is 12.6. The molecular weight excluding hydrogens is 226 g/mol. The SMILES string of the molecule is CCCC(CCCSc1ccccc1)NCC. The van der Waals surface area contributed by atoms with E-state index in [1.807, 2.05) is 11.8 Å². The first-order chi connectivity index (χ1) is 8.36. The van der Waals surface area contributed by atoms with Crippen molar-refractivity contribution >= 4 is 11.8 Å². The summed E-state index contributed by atoms with van der Waals surface area (Å²) in [5.74, 6) is 1.23. The van der Waals surface area contributed by atoms with Crippen molar-refractivity contribution in [3.63, 3.8) is 0 Å². The quantitative estimate of drug-likeness (QED) is 0.517. The highest BCUT2D eigenvalue weighted by molar-refractivity contribution is 7.99. The van der Waals surface area contributed by atoms with Gasteiger partial charge in [0, 0.05) is 10.9 Å². The van der Waals surface area contributed by atoms with Gasteiger partial charge in [0.25, 0.3) is 0 Å². The van der Waals surface area contributed by atoms with Crippen LogP contribution in [-0.2, 0) is 0 Å². The Balaban J connectivity index is 2.13. The van der Waals surface area contributed by atoms with Crippen LogP contribution in [0, 0.1) is 0 Å². The number of nitrogens with one attached hydrogen (secondary N) is 1. The molecule has 0 aromatic heterocycles. The monoisotopic (exact) mass is 251 g/mol. The molecular formula is C15H25NS. The second-order valence-corrected chi connectivity index (χ2v) is 5.52. The molecule has 0 bridgehead atoms. The molecule has 1 N–H and O–H groups in total. The van der Waals surface area contributed by atoms with Crippen LogP contribution in [0.5, 0.6) is 0 Å². The Bertz CT molecular complexity index is 268. The maximum Gasteiger partial charge on any atom is 0.00719 e. The van der Waals surface area contributed by atoms with Gasteiger partial charge in [0.1, 0.15) is 0 Å². The molecule has 0 saturated heterocycles. The molecule has 0 aliphatic carbocycles. The lowest BCUT2D eigenvalue weighted by molar-refractivity contribution is 0.456. The summed E-state index contributed by atoms with van der Waals surface area (Å²) < 4.78 is 0. The molecule has 0 fully saturated rings. The van der Waals surface area contributed by atoms with Crippen LogP contribution >= 0.6 is 11.8 Å². The van der Waals surface area contributed by atoms with E-state index < -0.39 is 0 Å². The van der Waals surface area contributed by atoms with Crippen molar-refractivity contribution < 1.29 is 0 Å². The number of rotatable bonds is 9. The van der Waals surface area contributed by atoms with Gasteiger partial charge < -0.3 is 5.32 Å². The van der Waals surface area contributed by atoms with Gasteiger partial charge in [0.15, 0.2) is 0 Å². The molecule has 0 aliphatic rings. The Morgan fingerprint density at radius 2 is 1.88 bits per heavy atom. The van der Waals surface area contributed by atoms with E-state index in [2.05, 4.69) is 49.5 Å². The van der Waals surface area contributed by atoms with Crippen molar-refractivity contribution in [1.29, 1.82) is 0 Å². The van der Waals surface area contributed by atoms with Crippen LogP contribution in [0.3, 0.4) is 0 Å². The van der Waals surface area contributed by atoms with Crippen molar-refractivity contribution in [3.05, 3.63) is 30.3 Å². The van der Waals surface area contributed by atoms with Crippen LogP contribution in [0.25, 0.3) is 0 Å². The van der Waals surface area contributed by atoms with E-state index in [4.69, 9.17) is 0 Å². The average Bonchev–Trinajstić information content (AvgIpc) is 2.36. The summed E-state index contributed by atoms with van der Waals surface area (Å²) in [4.78, 5) is 1.39. The summed E-state index contributed by atoms with van der Waals surface area (Å²) >= 11 is 1.97. The Labute approximate surface area is 110 Å². The van der Waals surface area contributed by atoms with E-state index in [1.165, 1.54) is 36.3 Å². The Morgan fingerprint density at radius 3 is 2.53 bits per heavy atom. The minimum Gasteiger partial charge on any atom is -0.314 e. The van der Waals surface area contributed by atoms with Gasteiger partial charge in [-0.2, -0.15) is 0 Å². The molecule has 1 aromatic carbocycles. The Kier molecular flexibility index (Phi) is 8.20. The van der Waals surface area contributed by atoms with Gasteiger partial charge >= 0.3 is 0 Å². The summed E-state index contributed by atoms with van der Waals surface area (Å²) in [7, 11) is 0. The third-order valence-electron chi connectivity index (χ3n) is 2.84. The fraction of sp³-hybridized carbons (Fsp3) is 0.600. The van der Waals surface area contributed by atoms with E-state index >= 15 is 0 Å². The molecule has 1 nitrogen and oxygen atoms in total. The topological polar surface area (TPSA) is 12.0 Å². The molecule has 1 aromatic rings. The second-order valence-electron chi connectivity index (χ2n) is 4.35. The number of thioether (sulfide) groups is 1. The lowest BCUT2D eigenvalue weighted by atomic mass is 10.1. The van der Waals surface area contributed by atoms with Crippen LogP contribution in [-0.4, -0.2) is 18.3 Å². The van der Waals surface area contributed by atoms with E-state index in [-0.39, 0.29) is 0 Å². The molecule has 2 heteroatoms. The maximum atomic E-state index is 3.57. The van der Waals surface area contributed by atoms with E-state index in [0.717, 1.165) is 12.6 Å². The molecule has 1 atom stereocenters. The molecule has 1 unspecified atom stereocenters. The van der Waals surface area contributed by atoms with Gasteiger partial charge in [0.05, 0.1) is 0 Å². The minimum absolute atomic E-state index is 0.723. The first kappa shape index (κ1) is 14.6. The highest BCUT2D eigenvalue weighted by atomic mass is 32.2. The number of hydrogen-bond acceptors (Lipinski definition) is 2. The highest BCUT2D eigenvalue weighted by Crippen LogP contribution is 2.19. The number of benzene rings is 1. The Hall–Kier alpha value is -0.470. The summed E-state index contributed by atoms with van der Waals surface area (Å²) in [6.45, 7) is 5.56. The molecule has 0 radical (unpaired) electrons. The van der Waals surface area contributed by atoms with E-state index in [9.17, 15) is 0 Å². The third-order valence-corrected chi connectivity index (χ3v) is 3.94. The smallest absolute Gasteiger partial charge is 0.00719 e. The van der Waals surface area contributed by atoms with Crippen LogP contribution in [0.4, 0.5) is 0 Å². The number of hydrogen-bond donors (Lipinski definition) is 1. The van der Waals surface area contributed by atoms with Gasteiger partial charge in [-0.1, -0.05) is 38.5 Å². The first-order valence-corrected chi connectivity index (χ1v) is 7.76. The van der Waals surface area contributed by atoms with Crippen molar-refractivity contribution in [1.82, 2.24) is 5.32 Å². The zero-order chi connectivity index (χ0) is 12.3. The second kappa shape index (κ2) is 9.55. The van der Waals surface area contributed by atoms with Crippen molar-refractivity contribution in [2.45, 2.75) is 50.5 Å². The highest BCUT2D eigenvalue weighted by Gasteiger charge is 2.05.